The molecule has 0 saturated heterocycles. The van der Waals surface area contributed by atoms with E-state index in [-0.39, 0.29) is 18.5 Å². The van der Waals surface area contributed by atoms with Crippen LogP contribution in [0.15, 0.2) is 30.5 Å². The van der Waals surface area contributed by atoms with Crippen molar-refractivity contribution in [2.24, 2.45) is 5.41 Å². The first-order valence-electron chi connectivity index (χ1n) is 10.6. The van der Waals surface area contributed by atoms with Gasteiger partial charge in [0, 0.05) is 12.1 Å². The van der Waals surface area contributed by atoms with Gasteiger partial charge in [-0.2, -0.15) is 0 Å². The van der Waals surface area contributed by atoms with Gasteiger partial charge >= 0.3 is 5.97 Å². The zero-order valence-corrected chi connectivity index (χ0v) is 19.8. The van der Waals surface area contributed by atoms with Crippen molar-refractivity contribution in [1.29, 1.82) is 0 Å². The Bertz CT molecular complexity index is 1120. The van der Waals surface area contributed by atoms with E-state index in [1.54, 1.807) is 0 Å². The molecular weight excluding hydrogens is 390 g/mol. The highest BCUT2D eigenvalue weighted by Gasteiger charge is 2.42. The van der Waals surface area contributed by atoms with Crippen molar-refractivity contribution in [3.05, 3.63) is 64.1 Å². The zero-order valence-electron chi connectivity index (χ0n) is 19.8. The van der Waals surface area contributed by atoms with Gasteiger partial charge in [-0.15, -0.1) is 10.2 Å². The maximum absolute atomic E-state index is 13.4. The first-order chi connectivity index (χ1) is 14.4. The highest BCUT2D eigenvalue weighted by molar-refractivity contribution is 5.79. The molecule has 0 saturated carbocycles. The Morgan fingerprint density at radius 2 is 1.77 bits per heavy atom. The van der Waals surface area contributed by atoms with Gasteiger partial charge in [-0.3, -0.25) is 9.20 Å². The molecule has 0 fully saturated rings. The zero-order chi connectivity index (χ0) is 23.1. The van der Waals surface area contributed by atoms with Crippen molar-refractivity contribution in [1.82, 2.24) is 14.6 Å². The molecule has 2 heterocycles. The molecule has 1 aromatic carbocycles. The van der Waals surface area contributed by atoms with Gasteiger partial charge in [0.1, 0.15) is 11.4 Å². The monoisotopic (exact) mass is 423 g/mol. The second-order valence-corrected chi connectivity index (χ2v) is 9.84. The third-order valence-electron chi connectivity index (χ3n) is 5.87. The number of aryl methyl sites for hydroxylation is 3. The van der Waals surface area contributed by atoms with E-state index < -0.39 is 11.0 Å². The second kappa shape index (κ2) is 8.08. The van der Waals surface area contributed by atoms with Crippen LogP contribution in [-0.4, -0.2) is 31.3 Å². The fraction of sp³-hybridized carbons (Fsp3) is 0.480. The normalized spacial score (nSPS) is 13.5. The number of hydrogen-bond acceptors (Lipinski definition) is 5. The molecule has 3 aromatic rings. The van der Waals surface area contributed by atoms with Gasteiger partial charge in [0.05, 0.1) is 12.0 Å². The van der Waals surface area contributed by atoms with Crippen molar-refractivity contribution in [2.75, 3.05) is 0 Å². The Balaban J connectivity index is 2.25. The summed E-state index contributed by atoms with van der Waals surface area (Å²) in [6.07, 6.45) is 1.95. The molecule has 1 atom stereocenters. The number of fused-ring (bicyclic) bond motifs is 1. The molecule has 0 bridgehead atoms. The lowest BCUT2D eigenvalue weighted by Crippen LogP contribution is -2.38. The summed E-state index contributed by atoms with van der Waals surface area (Å²) in [5.41, 5.74) is 4.09. The lowest BCUT2D eigenvalue weighted by atomic mass is 9.70. The molecular formula is C25H33N3O3. The first-order valence-corrected chi connectivity index (χ1v) is 10.6. The molecule has 0 aliphatic rings. The number of rotatable bonds is 5. The number of carbonyl (C=O) groups is 1. The number of aromatic nitrogens is 3. The minimum absolute atomic E-state index is 0.0549. The smallest absolute Gasteiger partial charge is 0.312 e. The molecule has 0 spiro atoms. The molecule has 1 N–H and O–H groups in total. The lowest BCUT2D eigenvalue weighted by molar-refractivity contribution is -0.166. The van der Waals surface area contributed by atoms with Crippen LogP contribution in [0.25, 0.3) is 5.65 Å². The first kappa shape index (κ1) is 22.9. The maximum Gasteiger partial charge on any atom is 0.312 e. The number of pyridine rings is 1. The van der Waals surface area contributed by atoms with Crippen LogP contribution >= 0.6 is 0 Å². The molecule has 6 heteroatoms. The lowest BCUT2D eigenvalue weighted by Gasteiger charge is -2.36. The molecule has 2 aromatic heterocycles. The number of benzene rings is 1. The molecule has 0 radical (unpaired) electrons. The highest BCUT2D eigenvalue weighted by Crippen LogP contribution is 2.44. The molecule has 0 amide bonds. The Morgan fingerprint density at radius 3 is 2.39 bits per heavy atom. The van der Waals surface area contributed by atoms with Gasteiger partial charge < -0.3 is 9.84 Å². The molecule has 31 heavy (non-hydrogen) atoms. The minimum Gasteiger partial charge on any atom is -0.460 e. The number of carbonyl (C=O) groups excluding carboxylic acids is 1. The van der Waals surface area contributed by atoms with E-state index in [0.717, 1.165) is 39.3 Å². The number of esters is 1. The van der Waals surface area contributed by atoms with E-state index >= 15 is 0 Å². The Morgan fingerprint density at radius 1 is 1.10 bits per heavy atom. The summed E-state index contributed by atoms with van der Waals surface area (Å²) in [4.78, 5) is 13.4. The third-order valence-corrected chi connectivity index (χ3v) is 5.87. The molecule has 166 valence electrons. The summed E-state index contributed by atoms with van der Waals surface area (Å²) in [5, 5.41) is 18.4. The van der Waals surface area contributed by atoms with E-state index in [2.05, 4.69) is 10.2 Å². The quantitative estimate of drug-likeness (QED) is 0.605. The van der Waals surface area contributed by atoms with E-state index in [0.29, 0.717) is 0 Å². The standard InChI is InChI=1S/C25H33N3O3/c1-15-9-10-18(13-19(15)14-29)21(25(7,8)23(30)31-24(4,5)6)20-11-12-28-17(3)26-27-22(28)16(20)2/h9-13,21,29H,14H2,1-8H3/t21-/m0/s1. The summed E-state index contributed by atoms with van der Waals surface area (Å²) in [5.74, 6) is 0.244. The topological polar surface area (TPSA) is 76.7 Å². The van der Waals surface area contributed by atoms with E-state index in [1.165, 1.54) is 0 Å². The number of hydrogen-bond donors (Lipinski definition) is 1. The summed E-state index contributed by atoms with van der Waals surface area (Å²) >= 11 is 0. The van der Waals surface area contributed by atoms with Crippen LogP contribution in [0, 0.1) is 26.2 Å². The van der Waals surface area contributed by atoms with Crippen LogP contribution in [-0.2, 0) is 16.1 Å². The molecule has 0 aliphatic carbocycles. The number of nitrogens with zero attached hydrogens (tertiary/aromatic N) is 3. The fourth-order valence-corrected chi connectivity index (χ4v) is 4.08. The number of aliphatic hydroxyl groups excluding tert-OH is 1. The predicted molar refractivity (Wildman–Crippen MR) is 121 cm³/mol. The minimum atomic E-state index is -0.868. The Hall–Kier alpha value is -2.73. The van der Waals surface area contributed by atoms with Crippen molar-refractivity contribution < 1.29 is 14.6 Å². The summed E-state index contributed by atoms with van der Waals surface area (Å²) in [7, 11) is 0. The highest BCUT2D eigenvalue weighted by atomic mass is 16.6. The van der Waals surface area contributed by atoms with E-state index in [9.17, 15) is 9.90 Å². The van der Waals surface area contributed by atoms with Gasteiger partial charge in [0.25, 0.3) is 0 Å². The van der Waals surface area contributed by atoms with Crippen molar-refractivity contribution in [3.63, 3.8) is 0 Å². The summed E-state index contributed by atoms with van der Waals surface area (Å²) in [6, 6.07) is 8.05. The van der Waals surface area contributed by atoms with Crippen LogP contribution in [0.4, 0.5) is 0 Å². The van der Waals surface area contributed by atoms with Gasteiger partial charge in [-0.05, 0) is 89.3 Å². The third kappa shape index (κ3) is 4.35. The van der Waals surface area contributed by atoms with Crippen LogP contribution < -0.4 is 0 Å². The van der Waals surface area contributed by atoms with Gasteiger partial charge in [0.2, 0.25) is 0 Å². The SMILES string of the molecule is Cc1ccc([C@@H](c2ccn3c(C)nnc3c2C)C(C)(C)C(=O)OC(C)(C)C)cc1CO. The number of ether oxygens (including phenoxy) is 1. The average Bonchev–Trinajstić information content (AvgIpc) is 3.05. The predicted octanol–water partition coefficient (Wildman–Crippen LogP) is 4.65. The van der Waals surface area contributed by atoms with Crippen LogP contribution in [0.3, 0.4) is 0 Å². The number of aliphatic hydroxyl groups is 1. The van der Waals surface area contributed by atoms with Gasteiger partial charge in [0.15, 0.2) is 5.65 Å². The van der Waals surface area contributed by atoms with E-state index in [4.69, 9.17) is 4.74 Å². The fourth-order valence-electron chi connectivity index (χ4n) is 4.08. The largest absolute Gasteiger partial charge is 0.460 e. The van der Waals surface area contributed by atoms with Crippen LogP contribution in [0.1, 0.15) is 74.2 Å². The summed E-state index contributed by atoms with van der Waals surface area (Å²) in [6.45, 7) is 15.3. The van der Waals surface area contributed by atoms with Crippen molar-refractivity contribution in [2.45, 2.75) is 73.5 Å². The van der Waals surface area contributed by atoms with Crippen LogP contribution in [0.5, 0.6) is 0 Å². The molecule has 0 unspecified atom stereocenters. The molecule has 0 aliphatic heterocycles. The van der Waals surface area contributed by atoms with Gasteiger partial charge in [-0.1, -0.05) is 18.2 Å². The molecule has 3 rings (SSSR count). The molecule has 6 nitrogen and oxygen atoms in total. The maximum atomic E-state index is 13.4. The Labute approximate surface area is 184 Å². The van der Waals surface area contributed by atoms with Crippen LogP contribution in [0.2, 0.25) is 0 Å². The van der Waals surface area contributed by atoms with Crippen molar-refractivity contribution >= 4 is 11.6 Å². The van der Waals surface area contributed by atoms with E-state index in [1.807, 2.05) is 90.3 Å². The van der Waals surface area contributed by atoms with Gasteiger partial charge in [-0.25, -0.2) is 0 Å². The Kier molecular flexibility index (Phi) is 5.98. The average molecular weight is 424 g/mol. The van der Waals surface area contributed by atoms with Crippen molar-refractivity contribution in [3.8, 4) is 0 Å². The summed E-state index contributed by atoms with van der Waals surface area (Å²) < 4.78 is 7.77. The second-order valence-electron chi connectivity index (χ2n) is 9.84.